The number of halogens is 1. The molecule has 3 nitrogen and oxygen atoms in total. The van der Waals surface area contributed by atoms with Crippen LogP contribution in [0.25, 0.3) is 0 Å². The van der Waals surface area contributed by atoms with Crippen LogP contribution in [0.5, 0.6) is 0 Å². The number of thiocarbonyl (C=S) groups is 1. The van der Waals surface area contributed by atoms with Crippen molar-refractivity contribution in [3.63, 3.8) is 0 Å². The van der Waals surface area contributed by atoms with E-state index in [2.05, 4.69) is 0 Å². The Bertz CT molecular complexity index is 409. The summed E-state index contributed by atoms with van der Waals surface area (Å²) in [6, 6.07) is 6.92. The molecule has 1 amide bonds. The Morgan fingerprint density at radius 2 is 2.12 bits per heavy atom. The molecule has 0 radical (unpaired) electrons. The van der Waals surface area contributed by atoms with Gasteiger partial charge in [-0.15, -0.1) is 0 Å². The average molecular weight is 257 g/mol. The first-order valence-electron chi connectivity index (χ1n) is 4.88. The smallest absolute Gasteiger partial charge is 0.255 e. The average Bonchev–Trinajstić information content (AvgIpc) is 2.25. The van der Waals surface area contributed by atoms with E-state index in [1.807, 2.05) is 6.92 Å². The van der Waals surface area contributed by atoms with Crippen LogP contribution in [0, 0.1) is 0 Å². The van der Waals surface area contributed by atoms with Crippen molar-refractivity contribution in [3.8, 4) is 0 Å². The summed E-state index contributed by atoms with van der Waals surface area (Å²) in [6.07, 6.45) is 0. The summed E-state index contributed by atoms with van der Waals surface area (Å²) in [5.41, 5.74) is 5.90. The van der Waals surface area contributed by atoms with Gasteiger partial charge in [-0.1, -0.05) is 36.0 Å². The molecule has 86 valence electrons. The number of benzene rings is 1. The number of hydrogen-bond acceptors (Lipinski definition) is 2. The van der Waals surface area contributed by atoms with Crippen molar-refractivity contribution in [1.82, 2.24) is 4.90 Å². The standard InChI is InChI=1S/C11H13ClN2OS/c1-2-14(7-10(13)16)11(15)8-5-3-4-6-9(8)12/h3-6H,2,7H2,1H3,(H2,13,16). The van der Waals surface area contributed by atoms with Crippen molar-refractivity contribution in [2.45, 2.75) is 6.92 Å². The molecule has 2 N–H and O–H groups in total. The number of hydrogen-bond donors (Lipinski definition) is 1. The predicted octanol–water partition coefficient (Wildman–Crippen LogP) is 2.09. The third-order valence-electron chi connectivity index (χ3n) is 2.12. The number of amides is 1. The predicted molar refractivity (Wildman–Crippen MR) is 69.8 cm³/mol. The lowest BCUT2D eigenvalue weighted by atomic mass is 10.2. The van der Waals surface area contributed by atoms with Crippen LogP contribution in [0.4, 0.5) is 0 Å². The van der Waals surface area contributed by atoms with Gasteiger partial charge in [0.15, 0.2) is 0 Å². The number of carbonyl (C=O) groups excluding carboxylic acids is 1. The summed E-state index contributed by atoms with van der Waals surface area (Å²) in [7, 11) is 0. The van der Waals surface area contributed by atoms with E-state index in [1.54, 1.807) is 29.2 Å². The number of likely N-dealkylation sites (N-methyl/N-ethyl adjacent to an activating group) is 1. The summed E-state index contributed by atoms with van der Waals surface area (Å²) in [5.74, 6) is -0.152. The summed E-state index contributed by atoms with van der Waals surface area (Å²) in [4.78, 5) is 13.9. The van der Waals surface area contributed by atoms with Crippen LogP contribution in [-0.2, 0) is 0 Å². The number of rotatable bonds is 4. The van der Waals surface area contributed by atoms with E-state index in [1.165, 1.54) is 0 Å². The lowest BCUT2D eigenvalue weighted by Gasteiger charge is -2.20. The zero-order valence-electron chi connectivity index (χ0n) is 8.94. The fourth-order valence-corrected chi connectivity index (χ4v) is 1.69. The molecule has 0 aromatic heterocycles. The van der Waals surface area contributed by atoms with Crippen molar-refractivity contribution < 1.29 is 4.79 Å². The van der Waals surface area contributed by atoms with Gasteiger partial charge in [0, 0.05) is 6.54 Å². The van der Waals surface area contributed by atoms with Crippen LogP contribution >= 0.6 is 23.8 Å². The minimum atomic E-state index is -0.152. The van der Waals surface area contributed by atoms with Gasteiger partial charge in [0.25, 0.3) is 5.91 Å². The number of nitrogens with zero attached hydrogens (tertiary/aromatic N) is 1. The highest BCUT2D eigenvalue weighted by atomic mass is 35.5. The van der Waals surface area contributed by atoms with Crippen LogP contribution < -0.4 is 5.73 Å². The van der Waals surface area contributed by atoms with Gasteiger partial charge in [0.05, 0.1) is 22.1 Å². The second kappa shape index (κ2) is 5.82. The van der Waals surface area contributed by atoms with E-state index in [9.17, 15) is 4.79 Å². The van der Waals surface area contributed by atoms with Gasteiger partial charge in [-0.3, -0.25) is 4.79 Å². The van der Waals surface area contributed by atoms with Crippen molar-refractivity contribution >= 4 is 34.7 Å². The molecule has 1 rings (SSSR count). The normalized spacial score (nSPS) is 9.88. The van der Waals surface area contributed by atoms with Gasteiger partial charge in [-0.05, 0) is 19.1 Å². The monoisotopic (exact) mass is 256 g/mol. The zero-order valence-corrected chi connectivity index (χ0v) is 10.5. The van der Waals surface area contributed by atoms with Gasteiger partial charge < -0.3 is 10.6 Å². The molecule has 0 unspecified atom stereocenters. The number of nitrogens with two attached hydrogens (primary N) is 1. The highest BCUT2D eigenvalue weighted by Crippen LogP contribution is 2.16. The highest BCUT2D eigenvalue weighted by Gasteiger charge is 2.16. The fourth-order valence-electron chi connectivity index (χ4n) is 1.32. The van der Waals surface area contributed by atoms with Crippen LogP contribution in [0.2, 0.25) is 5.02 Å². The second-order valence-electron chi connectivity index (χ2n) is 3.27. The largest absolute Gasteiger partial charge is 0.392 e. The zero-order chi connectivity index (χ0) is 12.1. The Balaban J connectivity index is 2.91. The summed E-state index contributed by atoms with van der Waals surface area (Å²) in [5, 5.41) is 0.439. The first-order chi connectivity index (χ1) is 7.56. The molecule has 16 heavy (non-hydrogen) atoms. The summed E-state index contributed by atoms with van der Waals surface area (Å²) < 4.78 is 0. The molecule has 1 aromatic rings. The van der Waals surface area contributed by atoms with E-state index < -0.39 is 0 Å². The fraction of sp³-hybridized carbons (Fsp3) is 0.273. The van der Waals surface area contributed by atoms with Crippen LogP contribution in [0.1, 0.15) is 17.3 Å². The summed E-state index contributed by atoms with van der Waals surface area (Å²) >= 11 is 10.7. The summed E-state index contributed by atoms with van der Waals surface area (Å²) in [6.45, 7) is 2.68. The SMILES string of the molecule is CCN(CC(N)=S)C(=O)c1ccccc1Cl. The molecule has 0 aliphatic carbocycles. The van der Waals surface area contributed by atoms with Gasteiger partial charge in [0.2, 0.25) is 0 Å². The van der Waals surface area contributed by atoms with E-state index in [0.717, 1.165) is 0 Å². The van der Waals surface area contributed by atoms with Crippen molar-refractivity contribution in [2.75, 3.05) is 13.1 Å². The first kappa shape index (κ1) is 12.9. The molecular formula is C11H13ClN2OS. The molecule has 0 heterocycles. The molecule has 0 bridgehead atoms. The third-order valence-corrected chi connectivity index (χ3v) is 2.58. The molecular weight excluding hydrogens is 244 g/mol. The maximum absolute atomic E-state index is 12.1. The maximum Gasteiger partial charge on any atom is 0.255 e. The first-order valence-corrected chi connectivity index (χ1v) is 5.67. The van der Waals surface area contributed by atoms with Crippen LogP contribution in [0.15, 0.2) is 24.3 Å². The van der Waals surface area contributed by atoms with Gasteiger partial charge in [-0.2, -0.15) is 0 Å². The molecule has 0 aliphatic rings. The minimum absolute atomic E-state index is 0.152. The Hall–Kier alpha value is -1.13. The molecule has 5 heteroatoms. The Kier molecular flexibility index (Phi) is 4.71. The third kappa shape index (κ3) is 3.18. The van der Waals surface area contributed by atoms with E-state index in [4.69, 9.17) is 29.6 Å². The topological polar surface area (TPSA) is 46.3 Å². The maximum atomic E-state index is 12.1. The second-order valence-corrected chi connectivity index (χ2v) is 4.20. The Morgan fingerprint density at radius 1 is 1.50 bits per heavy atom. The molecule has 0 aliphatic heterocycles. The van der Waals surface area contributed by atoms with E-state index in [-0.39, 0.29) is 12.5 Å². The molecule has 0 saturated heterocycles. The van der Waals surface area contributed by atoms with Gasteiger partial charge in [0.1, 0.15) is 0 Å². The Labute approximate surface area is 105 Å². The van der Waals surface area contributed by atoms with Crippen molar-refractivity contribution in [3.05, 3.63) is 34.9 Å². The van der Waals surface area contributed by atoms with Gasteiger partial charge >= 0.3 is 0 Å². The Morgan fingerprint density at radius 3 is 2.62 bits per heavy atom. The molecule has 0 fully saturated rings. The molecule has 1 aromatic carbocycles. The highest BCUT2D eigenvalue weighted by molar-refractivity contribution is 7.80. The lowest BCUT2D eigenvalue weighted by Crippen LogP contribution is -2.37. The molecule has 0 spiro atoms. The molecule has 0 saturated carbocycles. The molecule has 0 atom stereocenters. The lowest BCUT2D eigenvalue weighted by molar-refractivity contribution is 0.0788. The van der Waals surface area contributed by atoms with Crippen molar-refractivity contribution in [1.29, 1.82) is 0 Å². The van der Waals surface area contributed by atoms with Crippen molar-refractivity contribution in [2.24, 2.45) is 5.73 Å². The van der Waals surface area contributed by atoms with E-state index >= 15 is 0 Å². The number of carbonyl (C=O) groups is 1. The van der Waals surface area contributed by atoms with Gasteiger partial charge in [-0.25, -0.2) is 0 Å². The minimum Gasteiger partial charge on any atom is -0.392 e. The van der Waals surface area contributed by atoms with E-state index in [0.29, 0.717) is 22.1 Å². The van der Waals surface area contributed by atoms with Crippen LogP contribution in [0.3, 0.4) is 0 Å². The quantitative estimate of drug-likeness (QED) is 0.839. The van der Waals surface area contributed by atoms with Crippen LogP contribution in [-0.4, -0.2) is 28.9 Å².